The molecule has 6 heteroatoms. The number of aryl methyl sites for hydroxylation is 2. The number of rotatable bonds is 5. The summed E-state index contributed by atoms with van der Waals surface area (Å²) in [6.07, 6.45) is 2.75. The Bertz CT molecular complexity index is 802. The standard InChI is InChI=1S/C17H20N2O3S/c1-12-9-15(11-18-13(12)2)19-17(20)16(23(3,21)22)10-14-7-5-4-6-8-14/h4-9,11,16H,10H2,1-3H3,(H,19,20). The zero-order chi connectivity index (χ0) is 17.0. The molecule has 1 aromatic carbocycles. The normalized spacial score (nSPS) is 12.7. The minimum absolute atomic E-state index is 0.143. The lowest BCUT2D eigenvalue weighted by Gasteiger charge is -2.15. The lowest BCUT2D eigenvalue weighted by molar-refractivity contribution is -0.115. The topological polar surface area (TPSA) is 76.1 Å². The number of nitrogens with zero attached hydrogens (tertiary/aromatic N) is 1. The van der Waals surface area contributed by atoms with Crippen LogP contribution in [0.15, 0.2) is 42.6 Å². The van der Waals surface area contributed by atoms with E-state index in [4.69, 9.17) is 0 Å². The molecule has 0 aliphatic heterocycles. The molecule has 1 heterocycles. The fourth-order valence-corrected chi connectivity index (χ4v) is 3.14. The molecule has 2 rings (SSSR count). The second-order valence-corrected chi connectivity index (χ2v) is 7.85. The molecule has 1 unspecified atom stereocenters. The molecule has 1 N–H and O–H groups in total. The Morgan fingerprint density at radius 1 is 1.22 bits per heavy atom. The van der Waals surface area contributed by atoms with E-state index in [1.165, 1.54) is 6.20 Å². The molecule has 0 fully saturated rings. The first-order valence-electron chi connectivity index (χ1n) is 7.24. The summed E-state index contributed by atoms with van der Waals surface area (Å²) in [7, 11) is -3.53. The lowest BCUT2D eigenvalue weighted by Crippen LogP contribution is -2.36. The van der Waals surface area contributed by atoms with Gasteiger partial charge in [-0.1, -0.05) is 30.3 Å². The van der Waals surface area contributed by atoms with Gasteiger partial charge in [0, 0.05) is 11.9 Å². The summed E-state index contributed by atoms with van der Waals surface area (Å²) >= 11 is 0. The molecule has 0 bridgehead atoms. The molecule has 5 nitrogen and oxygen atoms in total. The van der Waals surface area contributed by atoms with Crippen molar-refractivity contribution in [2.24, 2.45) is 0 Å². The van der Waals surface area contributed by atoms with Gasteiger partial charge in [0.15, 0.2) is 9.84 Å². The first kappa shape index (κ1) is 17.1. The molecule has 1 atom stereocenters. The van der Waals surface area contributed by atoms with Gasteiger partial charge in [0.2, 0.25) is 5.91 Å². The predicted molar refractivity (Wildman–Crippen MR) is 91.1 cm³/mol. The van der Waals surface area contributed by atoms with Crippen LogP contribution < -0.4 is 5.32 Å². The molecule has 0 saturated carbocycles. The number of carbonyl (C=O) groups excluding carboxylic acids is 1. The number of aromatic nitrogens is 1. The van der Waals surface area contributed by atoms with Crippen LogP contribution in [0.25, 0.3) is 0 Å². The van der Waals surface area contributed by atoms with E-state index >= 15 is 0 Å². The van der Waals surface area contributed by atoms with Crippen LogP contribution in [0.4, 0.5) is 5.69 Å². The van der Waals surface area contributed by atoms with Crippen molar-refractivity contribution < 1.29 is 13.2 Å². The Hall–Kier alpha value is -2.21. The van der Waals surface area contributed by atoms with Gasteiger partial charge in [0.05, 0.1) is 11.9 Å². The van der Waals surface area contributed by atoms with E-state index in [-0.39, 0.29) is 6.42 Å². The van der Waals surface area contributed by atoms with Crippen LogP contribution in [0.3, 0.4) is 0 Å². The van der Waals surface area contributed by atoms with Crippen LogP contribution in [0, 0.1) is 13.8 Å². The first-order chi connectivity index (χ1) is 10.8. The Morgan fingerprint density at radius 2 is 1.87 bits per heavy atom. The van der Waals surface area contributed by atoms with Gasteiger partial charge >= 0.3 is 0 Å². The number of anilines is 1. The molecule has 0 saturated heterocycles. The third kappa shape index (κ3) is 4.63. The van der Waals surface area contributed by atoms with Crippen molar-refractivity contribution in [1.29, 1.82) is 0 Å². The van der Waals surface area contributed by atoms with Gasteiger partial charge in [-0.2, -0.15) is 0 Å². The van der Waals surface area contributed by atoms with Gasteiger partial charge in [0.25, 0.3) is 0 Å². The third-order valence-corrected chi connectivity index (χ3v) is 5.10. The molecule has 1 aromatic heterocycles. The van der Waals surface area contributed by atoms with Crippen molar-refractivity contribution in [2.45, 2.75) is 25.5 Å². The van der Waals surface area contributed by atoms with Crippen LogP contribution in [-0.4, -0.2) is 30.8 Å². The van der Waals surface area contributed by atoms with Gasteiger partial charge in [-0.25, -0.2) is 8.42 Å². The Balaban J connectivity index is 2.22. The van der Waals surface area contributed by atoms with Gasteiger partial charge in [0.1, 0.15) is 5.25 Å². The van der Waals surface area contributed by atoms with E-state index in [1.54, 1.807) is 6.07 Å². The van der Waals surface area contributed by atoms with Crippen LogP contribution in [0.1, 0.15) is 16.8 Å². The van der Waals surface area contributed by atoms with E-state index in [1.807, 2.05) is 44.2 Å². The summed E-state index contributed by atoms with van der Waals surface area (Å²) in [5.41, 5.74) is 3.10. The first-order valence-corrected chi connectivity index (χ1v) is 9.19. The smallest absolute Gasteiger partial charge is 0.243 e. The molecule has 1 amide bonds. The summed E-state index contributed by atoms with van der Waals surface area (Å²) in [5.74, 6) is -0.540. The fourth-order valence-electron chi connectivity index (χ4n) is 2.20. The minimum Gasteiger partial charge on any atom is -0.324 e. The fraction of sp³-hybridized carbons (Fsp3) is 0.294. The Kier molecular flexibility index (Phi) is 5.15. The molecule has 0 radical (unpaired) electrons. The lowest BCUT2D eigenvalue weighted by atomic mass is 10.1. The average molecular weight is 332 g/mol. The van der Waals surface area contributed by atoms with Gasteiger partial charge in [-0.3, -0.25) is 9.78 Å². The second kappa shape index (κ2) is 6.91. The van der Waals surface area contributed by atoms with Crippen molar-refractivity contribution in [3.63, 3.8) is 0 Å². The summed E-state index contributed by atoms with van der Waals surface area (Å²) in [6.45, 7) is 3.76. The number of hydrogen-bond acceptors (Lipinski definition) is 4. The van der Waals surface area contributed by atoms with Crippen LogP contribution >= 0.6 is 0 Å². The van der Waals surface area contributed by atoms with E-state index in [2.05, 4.69) is 10.3 Å². The minimum atomic E-state index is -3.53. The van der Waals surface area contributed by atoms with Crippen molar-refractivity contribution >= 4 is 21.4 Å². The maximum absolute atomic E-state index is 12.4. The van der Waals surface area contributed by atoms with E-state index in [0.29, 0.717) is 5.69 Å². The van der Waals surface area contributed by atoms with Gasteiger partial charge < -0.3 is 5.32 Å². The number of nitrogens with one attached hydrogen (secondary N) is 1. The molecular weight excluding hydrogens is 312 g/mol. The zero-order valence-electron chi connectivity index (χ0n) is 13.4. The second-order valence-electron chi connectivity index (χ2n) is 5.62. The SMILES string of the molecule is Cc1cc(NC(=O)C(Cc2ccccc2)S(C)(=O)=O)cnc1C. The quantitative estimate of drug-likeness (QED) is 0.911. The van der Waals surface area contributed by atoms with E-state index < -0.39 is 21.0 Å². The number of benzene rings is 1. The number of hydrogen-bond donors (Lipinski definition) is 1. The highest BCUT2D eigenvalue weighted by molar-refractivity contribution is 7.92. The van der Waals surface area contributed by atoms with Crippen LogP contribution in [-0.2, 0) is 21.1 Å². The highest BCUT2D eigenvalue weighted by Gasteiger charge is 2.29. The third-order valence-electron chi connectivity index (χ3n) is 3.68. The van der Waals surface area contributed by atoms with Gasteiger partial charge in [-0.05, 0) is 37.5 Å². The van der Waals surface area contributed by atoms with Crippen molar-refractivity contribution in [2.75, 3.05) is 11.6 Å². The largest absolute Gasteiger partial charge is 0.324 e. The summed E-state index contributed by atoms with van der Waals surface area (Å²) in [5, 5.41) is 1.52. The van der Waals surface area contributed by atoms with E-state index in [9.17, 15) is 13.2 Å². The highest BCUT2D eigenvalue weighted by Crippen LogP contribution is 2.15. The number of pyridine rings is 1. The van der Waals surface area contributed by atoms with Crippen molar-refractivity contribution in [3.8, 4) is 0 Å². The highest BCUT2D eigenvalue weighted by atomic mass is 32.2. The average Bonchev–Trinajstić information content (AvgIpc) is 2.48. The Labute approximate surface area is 136 Å². The summed E-state index contributed by atoms with van der Waals surface area (Å²) in [6, 6.07) is 10.9. The number of sulfone groups is 1. The maximum atomic E-state index is 12.4. The van der Waals surface area contributed by atoms with E-state index in [0.717, 1.165) is 23.1 Å². The van der Waals surface area contributed by atoms with Crippen molar-refractivity contribution in [3.05, 3.63) is 59.4 Å². The zero-order valence-corrected chi connectivity index (χ0v) is 14.2. The Morgan fingerprint density at radius 3 is 2.43 bits per heavy atom. The molecule has 0 spiro atoms. The van der Waals surface area contributed by atoms with Crippen LogP contribution in [0.2, 0.25) is 0 Å². The molecule has 122 valence electrons. The van der Waals surface area contributed by atoms with Crippen molar-refractivity contribution in [1.82, 2.24) is 4.98 Å². The predicted octanol–water partition coefficient (Wildman–Crippen LogP) is 2.29. The van der Waals surface area contributed by atoms with Crippen LogP contribution in [0.5, 0.6) is 0 Å². The number of amides is 1. The molecule has 0 aliphatic carbocycles. The maximum Gasteiger partial charge on any atom is 0.243 e. The summed E-state index contributed by atoms with van der Waals surface area (Å²) in [4.78, 5) is 16.6. The molecule has 23 heavy (non-hydrogen) atoms. The van der Waals surface area contributed by atoms with Gasteiger partial charge in [-0.15, -0.1) is 0 Å². The number of carbonyl (C=O) groups is 1. The monoisotopic (exact) mass is 332 g/mol. The molecule has 2 aromatic rings. The molecular formula is C17H20N2O3S. The summed E-state index contributed by atoms with van der Waals surface area (Å²) < 4.78 is 24.0. The molecule has 0 aliphatic rings.